The van der Waals surface area contributed by atoms with Crippen LogP contribution in [0.3, 0.4) is 0 Å². The Morgan fingerprint density at radius 3 is 2.58 bits per heavy atom. The van der Waals surface area contributed by atoms with Crippen molar-refractivity contribution in [1.82, 2.24) is 4.90 Å². The van der Waals surface area contributed by atoms with Gasteiger partial charge < -0.3 is 15.5 Å². The lowest BCUT2D eigenvalue weighted by Crippen LogP contribution is -2.39. The van der Waals surface area contributed by atoms with Crippen molar-refractivity contribution in [3.05, 3.63) is 23.8 Å². The van der Waals surface area contributed by atoms with E-state index in [2.05, 4.69) is 18.7 Å². The number of carbonyl (C=O) groups is 1. The van der Waals surface area contributed by atoms with Crippen LogP contribution in [0.1, 0.15) is 37.0 Å². The summed E-state index contributed by atoms with van der Waals surface area (Å²) in [6.07, 6.45) is 2.29. The summed E-state index contributed by atoms with van der Waals surface area (Å²) in [4.78, 5) is 16.2. The van der Waals surface area contributed by atoms with E-state index >= 15 is 0 Å². The van der Waals surface area contributed by atoms with E-state index in [0.29, 0.717) is 5.69 Å². The number of amides is 1. The van der Waals surface area contributed by atoms with E-state index in [9.17, 15) is 4.79 Å². The molecule has 4 nitrogen and oxygen atoms in total. The molecule has 0 saturated carbocycles. The number of nitrogen functional groups attached to an aromatic ring is 1. The van der Waals surface area contributed by atoms with Gasteiger partial charge in [-0.25, -0.2) is 0 Å². The topological polar surface area (TPSA) is 49.6 Å². The van der Waals surface area contributed by atoms with Gasteiger partial charge in [-0.3, -0.25) is 4.79 Å². The minimum atomic E-state index is 0.0256. The van der Waals surface area contributed by atoms with Crippen molar-refractivity contribution in [2.24, 2.45) is 0 Å². The molecule has 1 saturated heterocycles. The summed E-state index contributed by atoms with van der Waals surface area (Å²) < 4.78 is 0. The first-order chi connectivity index (χ1) is 8.83. The summed E-state index contributed by atoms with van der Waals surface area (Å²) >= 11 is 0. The third kappa shape index (κ3) is 2.53. The number of benzene rings is 1. The fraction of sp³-hybridized carbons (Fsp3) is 0.533. The standard InChI is InChI=1S/C15H23N3O/c1-15(2)8-5-9-18(15)13-10-11(16)6-7-12(13)14(19)17(3)4/h6-7,10H,5,8-9,16H2,1-4H3. The number of rotatable bonds is 2. The molecule has 2 rings (SSSR count). The summed E-state index contributed by atoms with van der Waals surface area (Å²) in [6.45, 7) is 5.41. The molecule has 1 amide bonds. The molecule has 1 aromatic rings. The van der Waals surface area contributed by atoms with E-state index in [4.69, 9.17) is 5.73 Å². The summed E-state index contributed by atoms with van der Waals surface area (Å²) in [7, 11) is 3.55. The van der Waals surface area contributed by atoms with E-state index in [-0.39, 0.29) is 11.4 Å². The molecule has 0 aromatic heterocycles. The third-order valence-electron chi connectivity index (χ3n) is 3.85. The second kappa shape index (κ2) is 4.76. The number of carbonyl (C=O) groups excluding carboxylic acids is 1. The largest absolute Gasteiger partial charge is 0.399 e. The highest BCUT2D eigenvalue weighted by atomic mass is 16.2. The Balaban J connectivity index is 2.49. The maximum Gasteiger partial charge on any atom is 0.255 e. The SMILES string of the molecule is CN(C)C(=O)c1ccc(N)cc1N1CCCC1(C)C. The zero-order chi connectivity index (χ0) is 14.2. The second-order valence-electron chi connectivity index (χ2n) is 6.04. The predicted octanol–water partition coefficient (Wildman–Crippen LogP) is 2.35. The van der Waals surface area contributed by atoms with Gasteiger partial charge in [0, 0.05) is 31.9 Å². The molecule has 1 aliphatic rings. The van der Waals surface area contributed by atoms with Gasteiger partial charge in [0.2, 0.25) is 0 Å². The molecule has 1 aliphatic heterocycles. The highest BCUT2D eigenvalue weighted by molar-refractivity contribution is 6.00. The summed E-state index contributed by atoms with van der Waals surface area (Å²) in [5.41, 5.74) is 8.38. The number of anilines is 2. The zero-order valence-electron chi connectivity index (χ0n) is 12.2. The molecule has 0 unspecified atom stereocenters. The summed E-state index contributed by atoms with van der Waals surface area (Å²) in [5, 5.41) is 0. The molecule has 19 heavy (non-hydrogen) atoms. The fourth-order valence-electron chi connectivity index (χ4n) is 2.75. The molecule has 1 fully saturated rings. The van der Waals surface area contributed by atoms with E-state index in [0.717, 1.165) is 30.6 Å². The molecular weight excluding hydrogens is 238 g/mol. The van der Waals surface area contributed by atoms with Crippen molar-refractivity contribution in [3.63, 3.8) is 0 Å². The van der Waals surface area contributed by atoms with Gasteiger partial charge in [-0.2, -0.15) is 0 Å². The monoisotopic (exact) mass is 261 g/mol. The Hall–Kier alpha value is -1.71. The van der Waals surface area contributed by atoms with Crippen LogP contribution in [0.25, 0.3) is 0 Å². The number of nitrogens with zero attached hydrogens (tertiary/aromatic N) is 2. The Kier molecular flexibility index (Phi) is 3.43. The number of hydrogen-bond donors (Lipinski definition) is 1. The highest BCUT2D eigenvalue weighted by Gasteiger charge is 2.34. The summed E-state index contributed by atoms with van der Waals surface area (Å²) in [6, 6.07) is 5.55. The Morgan fingerprint density at radius 2 is 2.05 bits per heavy atom. The van der Waals surface area contributed by atoms with Crippen molar-refractivity contribution in [3.8, 4) is 0 Å². The van der Waals surface area contributed by atoms with E-state index in [1.165, 1.54) is 0 Å². The molecule has 2 N–H and O–H groups in total. The van der Waals surface area contributed by atoms with Gasteiger partial charge in [0.15, 0.2) is 0 Å². The zero-order valence-corrected chi connectivity index (χ0v) is 12.2. The van der Waals surface area contributed by atoms with Gasteiger partial charge in [0.25, 0.3) is 5.91 Å². The minimum Gasteiger partial charge on any atom is -0.399 e. The lowest BCUT2D eigenvalue weighted by Gasteiger charge is -2.35. The van der Waals surface area contributed by atoms with Crippen LogP contribution >= 0.6 is 0 Å². The fourth-order valence-corrected chi connectivity index (χ4v) is 2.75. The van der Waals surface area contributed by atoms with Gasteiger partial charge in [0.05, 0.1) is 11.3 Å². The van der Waals surface area contributed by atoms with Crippen molar-refractivity contribution < 1.29 is 4.79 Å². The van der Waals surface area contributed by atoms with Crippen LogP contribution in [-0.4, -0.2) is 37.0 Å². The normalized spacial score (nSPS) is 17.6. The second-order valence-corrected chi connectivity index (χ2v) is 6.04. The van der Waals surface area contributed by atoms with Gasteiger partial charge in [-0.05, 0) is 44.9 Å². The molecule has 104 valence electrons. The van der Waals surface area contributed by atoms with Crippen molar-refractivity contribution in [1.29, 1.82) is 0 Å². The molecule has 0 spiro atoms. The maximum absolute atomic E-state index is 12.3. The maximum atomic E-state index is 12.3. The molecule has 1 aromatic carbocycles. The van der Waals surface area contributed by atoms with Gasteiger partial charge in [-0.15, -0.1) is 0 Å². The molecule has 0 bridgehead atoms. The van der Waals surface area contributed by atoms with Crippen LogP contribution in [0, 0.1) is 0 Å². The van der Waals surface area contributed by atoms with Gasteiger partial charge >= 0.3 is 0 Å². The molecule has 0 atom stereocenters. The van der Waals surface area contributed by atoms with Crippen LogP contribution in [0.5, 0.6) is 0 Å². The average molecular weight is 261 g/mol. The van der Waals surface area contributed by atoms with E-state index in [1.807, 2.05) is 12.1 Å². The summed E-state index contributed by atoms with van der Waals surface area (Å²) in [5.74, 6) is 0.0256. The highest BCUT2D eigenvalue weighted by Crippen LogP contribution is 2.36. The van der Waals surface area contributed by atoms with Crippen LogP contribution in [-0.2, 0) is 0 Å². The van der Waals surface area contributed by atoms with Gasteiger partial charge in [0.1, 0.15) is 0 Å². The Morgan fingerprint density at radius 1 is 1.37 bits per heavy atom. The molecule has 1 heterocycles. The average Bonchev–Trinajstić information content (AvgIpc) is 2.67. The first kappa shape index (κ1) is 13.7. The van der Waals surface area contributed by atoms with Crippen molar-refractivity contribution in [2.75, 3.05) is 31.3 Å². The Labute approximate surface area is 115 Å². The number of nitrogens with two attached hydrogens (primary N) is 1. The lowest BCUT2D eigenvalue weighted by molar-refractivity contribution is 0.0828. The van der Waals surface area contributed by atoms with Crippen LogP contribution in [0.4, 0.5) is 11.4 Å². The minimum absolute atomic E-state index is 0.0256. The first-order valence-electron chi connectivity index (χ1n) is 6.72. The molecule has 0 aliphatic carbocycles. The van der Waals surface area contributed by atoms with Crippen molar-refractivity contribution >= 4 is 17.3 Å². The lowest BCUT2D eigenvalue weighted by atomic mass is 10.00. The van der Waals surface area contributed by atoms with Crippen molar-refractivity contribution in [2.45, 2.75) is 32.2 Å². The van der Waals surface area contributed by atoms with Crippen LogP contribution in [0.2, 0.25) is 0 Å². The van der Waals surface area contributed by atoms with E-state index in [1.54, 1.807) is 25.1 Å². The van der Waals surface area contributed by atoms with Crippen LogP contribution < -0.4 is 10.6 Å². The molecule has 4 heteroatoms. The Bertz CT molecular complexity index is 494. The van der Waals surface area contributed by atoms with Crippen LogP contribution in [0.15, 0.2) is 18.2 Å². The third-order valence-corrected chi connectivity index (χ3v) is 3.85. The quantitative estimate of drug-likeness (QED) is 0.831. The predicted molar refractivity (Wildman–Crippen MR) is 79.5 cm³/mol. The first-order valence-corrected chi connectivity index (χ1v) is 6.72. The van der Waals surface area contributed by atoms with E-state index < -0.39 is 0 Å². The molecular formula is C15H23N3O. The number of hydrogen-bond acceptors (Lipinski definition) is 3. The smallest absolute Gasteiger partial charge is 0.255 e. The molecule has 0 radical (unpaired) electrons. The van der Waals surface area contributed by atoms with Gasteiger partial charge in [-0.1, -0.05) is 0 Å².